The summed E-state index contributed by atoms with van der Waals surface area (Å²) in [5.74, 6) is 0.759. The first kappa shape index (κ1) is 17.8. The van der Waals surface area contributed by atoms with Crippen LogP contribution in [0.2, 0.25) is 0 Å². The van der Waals surface area contributed by atoms with Crippen LogP contribution in [-0.2, 0) is 17.8 Å². The summed E-state index contributed by atoms with van der Waals surface area (Å²) in [5, 5.41) is 6.36. The number of rotatable bonds is 6. The maximum atomic E-state index is 12.5. The monoisotopic (exact) mass is 367 g/mol. The molecule has 0 spiro atoms. The summed E-state index contributed by atoms with van der Waals surface area (Å²) in [7, 11) is 0. The average molecular weight is 367 g/mol. The van der Waals surface area contributed by atoms with Gasteiger partial charge in [-0.05, 0) is 56.0 Å². The van der Waals surface area contributed by atoms with Gasteiger partial charge in [0.1, 0.15) is 0 Å². The van der Waals surface area contributed by atoms with Gasteiger partial charge in [0.05, 0.1) is 19.2 Å². The van der Waals surface area contributed by atoms with E-state index in [0.717, 1.165) is 36.3 Å². The van der Waals surface area contributed by atoms with E-state index in [1.807, 2.05) is 24.3 Å². The third kappa shape index (κ3) is 3.90. The minimum atomic E-state index is -0.210. The van der Waals surface area contributed by atoms with Gasteiger partial charge >= 0.3 is 0 Å². The van der Waals surface area contributed by atoms with E-state index in [1.165, 1.54) is 19.1 Å². The Morgan fingerprint density at radius 3 is 3.04 bits per heavy atom. The Balaban J connectivity index is 1.38. The van der Waals surface area contributed by atoms with Crippen LogP contribution in [0.25, 0.3) is 0 Å². The molecule has 1 saturated heterocycles. The van der Waals surface area contributed by atoms with Crippen molar-refractivity contribution in [1.82, 2.24) is 10.6 Å². The van der Waals surface area contributed by atoms with Crippen molar-refractivity contribution < 1.29 is 14.0 Å². The SMILES string of the molecule is O=C(NCCC1CCCNC1)c1occc1CN1C(=O)Cc2ccccc21. The normalized spacial score (nSPS) is 19.2. The highest BCUT2D eigenvalue weighted by Crippen LogP contribution is 2.30. The lowest BCUT2D eigenvalue weighted by atomic mass is 9.96. The molecule has 0 saturated carbocycles. The number of nitrogens with zero attached hydrogens (tertiary/aromatic N) is 1. The first-order chi connectivity index (χ1) is 13.2. The summed E-state index contributed by atoms with van der Waals surface area (Å²) >= 11 is 0. The summed E-state index contributed by atoms with van der Waals surface area (Å²) in [5.41, 5.74) is 2.68. The van der Waals surface area contributed by atoms with Gasteiger partial charge in [0.15, 0.2) is 5.76 Å². The molecule has 1 atom stereocenters. The molecule has 2 aliphatic rings. The van der Waals surface area contributed by atoms with Crippen LogP contribution in [0.15, 0.2) is 41.0 Å². The molecule has 0 bridgehead atoms. The fraction of sp³-hybridized carbons (Fsp3) is 0.429. The Morgan fingerprint density at radius 1 is 1.30 bits per heavy atom. The topological polar surface area (TPSA) is 74.6 Å². The molecule has 3 heterocycles. The molecule has 1 aromatic carbocycles. The minimum Gasteiger partial charge on any atom is -0.459 e. The standard InChI is InChI=1S/C21H25N3O3/c25-19-12-16-5-1-2-6-18(16)24(19)14-17-8-11-27-20(17)21(26)23-10-7-15-4-3-9-22-13-15/h1-2,5-6,8,11,15,22H,3-4,7,9-10,12-14H2,(H,23,26). The highest BCUT2D eigenvalue weighted by Gasteiger charge is 2.28. The second kappa shape index (κ2) is 7.96. The molecule has 6 nitrogen and oxygen atoms in total. The van der Waals surface area contributed by atoms with Crippen molar-refractivity contribution >= 4 is 17.5 Å². The molecule has 1 unspecified atom stereocenters. The van der Waals surface area contributed by atoms with Crippen molar-refractivity contribution in [3.8, 4) is 0 Å². The second-order valence-corrected chi connectivity index (χ2v) is 7.32. The summed E-state index contributed by atoms with van der Waals surface area (Å²) in [4.78, 5) is 26.6. The first-order valence-electron chi connectivity index (χ1n) is 9.66. The van der Waals surface area contributed by atoms with Crippen LogP contribution in [0.4, 0.5) is 5.69 Å². The van der Waals surface area contributed by atoms with Crippen molar-refractivity contribution in [3.05, 3.63) is 53.5 Å². The van der Waals surface area contributed by atoms with Crippen molar-refractivity contribution in [2.45, 2.75) is 32.2 Å². The number of furan rings is 1. The first-order valence-corrected chi connectivity index (χ1v) is 9.66. The number of nitrogens with one attached hydrogen (secondary N) is 2. The summed E-state index contributed by atoms with van der Waals surface area (Å²) in [6.45, 7) is 3.10. The summed E-state index contributed by atoms with van der Waals surface area (Å²) in [6, 6.07) is 9.55. The van der Waals surface area contributed by atoms with E-state index >= 15 is 0 Å². The van der Waals surface area contributed by atoms with Gasteiger partial charge < -0.3 is 20.0 Å². The van der Waals surface area contributed by atoms with Crippen LogP contribution in [-0.4, -0.2) is 31.4 Å². The quantitative estimate of drug-likeness (QED) is 0.823. The van der Waals surface area contributed by atoms with Crippen molar-refractivity contribution in [3.63, 3.8) is 0 Å². The Bertz CT molecular complexity index is 824. The van der Waals surface area contributed by atoms with Gasteiger partial charge in [-0.3, -0.25) is 9.59 Å². The Hall–Kier alpha value is -2.60. The van der Waals surface area contributed by atoms with Crippen LogP contribution < -0.4 is 15.5 Å². The smallest absolute Gasteiger partial charge is 0.287 e. The molecule has 27 heavy (non-hydrogen) atoms. The lowest BCUT2D eigenvalue weighted by Gasteiger charge is -2.22. The predicted molar refractivity (Wildman–Crippen MR) is 103 cm³/mol. The van der Waals surface area contributed by atoms with Gasteiger partial charge in [-0.2, -0.15) is 0 Å². The number of hydrogen-bond acceptors (Lipinski definition) is 4. The zero-order valence-corrected chi connectivity index (χ0v) is 15.4. The van der Waals surface area contributed by atoms with E-state index in [0.29, 0.717) is 31.2 Å². The maximum absolute atomic E-state index is 12.5. The van der Waals surface area contributed by atoms with Crippen molar-refractivity contribution in [2.75, 3.05) is 24.5 Å². The number of fused-ring (bicyclic) bond motifs is 1. The van der Waals surface area contributed by atoms with Crippen molar-refractivity contribution in [1.29, 1.82) is 0 Å². The molecule has 6 heteroatoms. The molecule has 4 rings (SSSR count). The number of para-hydroxylation sites is 1. The molecule has 0 radical (unpaired) electrons. The number of anilines is 1. The molecule has 1 aromatic heterocycles. The van der Waals surface area contributed by atoms with Gasteiger partial charge in [0.2, 0.25) is 5.91 Å². The van der Waals surface area contributed by atoms with Gasteiger partial charge in [0.25, 0.3) is 5.91 Å². The van der Waals surface area contributed by atoms with Crippen LogP contribution in [0.1, 0.15) is 40.9 Å². The number of carbonyl (C=O) groups excluding carboxylic acids is 2. The molecule has 2 aliphatic heterocycles. The maximum Gasteiger partial charge on any atom is 0.287 e. The van der Waals surface area contributed by atoms with Crippen molar-refractivity contribution in [2.24, 2.45) is 5.92 Å². The molecule has 2 aromatic rings. The average Bonchev–Trinajstić information content (AvgIpc) is 3.28. The number of hydrogen-bond donors (Lipinski definition) is 2. The zero-order valence-electron chi connectivity index (χ0n) is 15.4. The Morgan fingerprint density at radius 2 is 2.19 bits per heavy atom. The third-order valence-corrected chi connectivity index (χ3v) is 5.44. The minimum absolute atomic E-state index is 0.0496. The lowest BCUT2D eigenvalue weighted by Crippen LogP contribution is -2.33. The number of piperidine rings is 1. The lowest BCUT2D eigenvalue weighted by molar-refractivity contribution is -0.117. The molecular weight excluding hydrogens is 342 g/mol. The molecule has 2 amide bonds. The number of carbonyl (C=O) groups is 2. The van der Waals surface area contributed by atoms with Gasteiger partial charge in [0, 0.05) is 17.8 Å². The van der Waals surface area contributed by atoms with E-state index in [9.17, 15) is 9.59 Å². The fourth-order valence-electron chi connectivity index (χ4n) is 3.96. The van der Waals surface area contributed by atoms with Crippen LogP contribution in [0.5, 0.6) is 0 Å². The van der Waals surface area contributed by atoms with Crippen LogP contribution >= 0.6 is 0 Å². The Labute approximate surface area is 158 Å². The molecule has 0 aliphatic carbocycles. The highest BCUT2D eigenvalue weighted by atomic mass is 16.3. The molecule has 2 N–H and O–H groups in total. The van der Waals surface area contributed by atoms with E-state index in [-0.39, 0.29) is 11.8 Å². The number of amides is 2. The number of benzene rings is 1. The van der Waals surface area contributed by atoms with Gasteiger partial charge in [-0.15, -0.1) is 0 Å². The van der Waals surface area contributed by atoms with Crippen LogP contribution in [0.3, 0.4) is 0 Å². The van der Waals surface area contributed by atoms with Gasteiger partial charge in [-0.1, -0.05) is 18.2 Å². The van der Waals surface area contributed by atoms with E-state index in [1.54, 1.807) is 11.0 Å². The summed E-state index contributed by atoms with van der Waals surface area (Å²) < 4.78 is 5.44. The molecular formula is C21H25N3O3. The fourth-order valence-corrected chi connectivity index (χ4v) is 3.96. The Kier molecular flexibility index (Phi) is 5.25. The molecule has 1 fully saturated rings. The summed E-state index contributed by atoms with van der Waals surface area (Å²) in [6.07, 6.45) is 5.30. The zero-order chi connectivity index (χ0) is 18.6. The highest BCUT2D eigenvalue weighted by molar-refractivity contribution is 6.01. The molecule has 142 valence electrons. The van der Waals surface area contributed by atoms with Gasteiger partial charge in [-0.25, -0.2) is 0 Å². The van der Waals surface area contributed by atoms with E-state index in [4.69, 9.17) is 4.42 Å². The van der Waals surface area contributed by atoms with E-state index in [2.05, 4.69) is 10.6 Å². The van der Waals surface area contributed by atoms with E-state index < -0.39 is 0 Å². The third-order valence-electron chi connectivity index (χ3n) is 5.44. The van der Waals surface area contributed by atoms with Crippen LogP contribution in [0, 0.1) is 5.92 Å². The predicted octanol–water partition coefficient (Wildman–Crippen LogP) is 2.49. The largest absolute Gasteiger partial charge is 0.459 e. The second-order valence-electron chi connectivity index (χ2n) is 7.32.